The molecule has 7 heteroatoms. The molecule has 2 fully saturated rings. The molecule has 0 spiro atoms. The average Bonchev–Trinajstić information content (AvgIpc) is 2.73. The Hall–Kier alpha value is -1.34. The van der Waals surface area contributed by atoms with Gasteiger partial charge in [0.25, 0.3) is 0 Å². The minimum Gasteiger partial charge on any atom is -0.379 e. The van der Waals surface area contributed by atoms with E-state index in [4.69, 9.17) is 4.74 Å². The van der Waals surface area contributed by atoms with E-state index in [1.165, 1.54) is 32.1 Å². The summed E-state index contributed by atoms with van der Waals surface area (Å²) in [5, 5.41) is 9.84. The second kappa shape index (κ2) is 13.8. The number of hydrogen-bond acceptors (Lipinski definition) is 4. The summed E-state index contributed by atoms with van der Waals surface area (Å²) in [5.41, 5.74) is 0. The van der Waals surface area contributed by atoms with Gasteiger partial charge in [0.15, 0.2) is 5.96 Å². The molecule has 1 amide bonds. The van der Waals surface area contributed by atoms with Gasteiger partial charge in [-0.25, -0.2) is 0 Å². The molecule has 1 heterocycles. The summed E-state index contributed by atoms with van der Waals surface area (Å²) < 4.78 is 5.50. The van der Waals surface area contributed by atoms with Crippen LogP contribution in [0.15, 0.2) is 4.99 Å². The summed E-state index contributed by atoms with van der Waals surface area (Å²) in [5.74, 6) is 2.22. The number of hydrogen-bond donors (Lipinski definition) is 3. The Morgan fingerprint density at radius 2 is 1.76 bits per heavy atom. The van der Waals surface area contributed by atoms with E-state index in [0.29, 0.717) is 37.4 Å². The Bertz CT molecular complexity index is 486. The SMILES string of the molecule is CN=C(NCCNC(=O)CC1CCCCC1)NCC(CC(C)C)N1CCOCC1. The molecule has 0 aromatic rings. The van der Waals surface area contributed by atoms with E-state index >= 15 is 0 Å². The second-order valence-corrected chi connectivity index (χ2v) is 8.87. The van der Waals surface area contributed by atoms with E-state index in [-0.39, 0.29) is 5.91 Å². The van der Waals surface area contributed by atoms with Crippen LogP contribution < -0.4 is 16.0 Å². The van der Waals surface area contributed by atoms with Crippen molar-refractivity contribution in [2.75, 3.05) is 53.0 Å². The van der Waals surface area contributed by atoms with E-state index in [0.717, 1.165) is 45.2 Å². The van der Waals surface area contributed by atoms with Crippen molar-refractivity contribution < 1.29 is 9.53 Å². The molecular formula is C22H43N5O2. The van der Waals surface area contributed by atoms with Crippen molar-refractivity contribution in [3.05, 3.63) is 0 Å². The van der Waals surface area contributed by atoms with Crippen molar-refractivity contribution in [1.29, 1.82) is 0 Å². The zero-order valence-electron chi connectivity index (χ0n) is 18.8. The van der Waals surface area contributed by atoms with E-state index < -0.39 is 0 Å². The predicted octanol–water partition coefficient (Wildman–Crippen LogP) is 1.98. The smallest absolute Gasteiger partial charge is 0.220 e. The molecule has 1 unspecified atom stereocenters. The van der Waals surface area contributed by atoms with Crippen molar-refractivity contribution in [2.24, 2.45) is 16.8 Å². The fourth-order valence-corrected chi connectivity index (χ4v) is 4.39. The highest BCUT2D eigenvalue weighted by Crippen LogP contribution is 2.25. The lowest BCUT2D eigenvalue weighted by Crippen LogP contribution is -2.51. The largest absolute Gasteiger partial charge is 0.379 e. The predicted molar refractivity (Wildman–Crippen MR) is 119 cm³/mol. The van der Waals surface area contributed by atoms with Crippen molar-refractivity contribution in [1.82, 2.24) is 20.9 Å². The van der Waals surface area contributed by atoms with Crippen molar-refractivity contribution in [2.45, 2.75) is 64.8 Å². The summed E-state index contributed by atoms with van der Waals surface area (Å²) in [6, 6.07) is 0.479. The maximum atomic E-state index is 12.1. The second-order valence-electron chi connectivity index (χ2n) is 8.87. The Kier molecular flexibility index (Phi) is 11.4. The number of nitrogens with one attached hydrogen (secondary N) is 3. The van der Waals surface area contributed by atoms with Gasteiger partial charge in [0.1, 0.15) is 0 Å². The molecular weight excluding hydrogens is 366 g/mol. The highest BCUT2D eigenvalue weighted by atomic mass is 16.5. The molecule has 0 aromatic heterocycles. The lowest BCUT2D eigenvalue weighted by atomic mass is 9.87. The van der Waals surface area contributed by atoms with Gasteiger partial charge < -0.3 is 20.7 Å². The first kappa shape index (κ1) is 23.9. The maximum absolute atomic E-state index is 12.1. The monoisotopic (exact) mass is 409 g/mol. The molecule has 168 valence electrons. The first-order valence-electron chi connectivity index (χ1n) is 11.6. The Morgan fingerprint density at radius 3 is 2.41 bits per heavy atom. The summed E-state index contributed by atoms with van der Waals surface area (Å²) in [4.78, 5) is 19.0. The van der Waals surface area contributed by atoms with Crippen LogP contribution in [-0.2, 0) is 9.53 Å². The first-order valence-corrected chi connectivity index (χ1v) is 11.6. The number of carbonyl (C=O) groups excluding carboxylic acids is 1. The standard InChI is InChI=1S/C22H43N5O2/c1-18(2)15-20(27-11-13-29-14-12-27)17-26-22(23-3)25-10-9-24-21(28)16-19-7-5-4-6-8-19/h18-20H,4-17H2,1-3H3,(H,24,28)(H2,23,25,26). The van der Waals surface area contributed by atoms with Crippen LogP contribution in [0.3, 0.4) is 0 Å². The number of carbonyl (C=O) groups is 1. The fraction of sp³-hybridized carbons (Fsp3) is 0.909. The van der Waals surface area contributed by atoms with E-state index in [9.17, 15) is 4.79 Å². The molecule has 1 aliphatic carbocycles. The number of nitrogens with zero attached hydrogens (tertiary/aromatic N) is 2. The van der Waals surface area contributed by atoms with Crippen LogP contribution in [0.1, 0.15) is 58.8 Å². The molecule has 1 atom stereocenters. The van der Waals surface area contributed by atoms with Crippen molar-refractivity contribution in [3.63, 3.8) is 0 Å². The van der Waals surface area contributed by atoms with Crippen LogP contribution in [0.2, 0.25) is 0 Å². The third-order valence-corrected chi connectivity index (χ3v) is 5.97. The Labute approximate surface area is 177 Å². The number of guanidine groups is 1. The zero-order chi connectivity index (χ0) is 20.9. The van der Waals surface area contributed by atoms with Gasteiger partial charge in [0.2, 0.25) is 5.91 Å². The van der Waals surface area contributed by atoms with Gasteiger partial charge in [-0.2, -0.15) is 0 Å². The van der Waals surface area contributed by atoms with Gasteiger partial charge in [-0.15, -0.1) is 0 Å². The minimum absolute atomic E-state index is 0.186. The molecule has 1 saturated heterocycles. The Balaban J connectivity index is 1.64. The zero-order valence-corrected chi connectivity index (χ0v) is 18.8. The van der Waals surface area contributed by atoms with Crippen LogP contribution in [0.25, 0.3) is 0 Å². The summed E-state index contributed by atoms with van der Waals surface area (Å²) in [6.45, 7) is 10.4. The summed E-state index contributed by atoms with van der Waals surface area (Å²) >= 11 is 0. The molecule has 3 N–H and O–H groups in total. The van der Waals surface area contributed by atoms with Crippen LogP contribution >= 0.6 is 0 Å². The molecule has 7 nitrogen and oxygen atoms in total. The topological polar surface area (TPSA) is 78.0 Å². The van der Waals surface area contributed by atoms with Gasteiger partial charge in [0, 0.05) is 52.2 Å². The number of aliphatic imine (C=N–C) groups is 1. The molecule has 29 heavy (non-hydrogen) atoms. The van der Waals surface area contributed by atoms with E-state index in [1.54, 1.807) is 7.05 Å². The quantitative estimate of drug-likeness (QED) is 0.292. The molecule has 1 aliphatic heterocycles. The van der Waals surface area contributed by atoms with Gasteiger partial charge in [-0.1, -0.05) is 33.1 Å². The highest BCUT2D eigenvalue weighted by Gasteiger charge is 2.22. The molecule has 2 rings (SSSR count). The third kappa shape index (κ3) is 9.81. The average molecular weight is 410 g/mol. The van der Waals surface area contributed by atoms with Gasteiger partial charge in [-0.05, 0) is 31.1 Å². The van der Waals surface area contributed by atoms with Crippen molar-refractivity contribution >= 4 is 11.9 Å². The Morgan fingerprint density at radius 1 is 1.07 bits per heavy atom. The van der Waals surface area contributed by atoms with Gasteiger partial charge in [0.05, 0.1) is 13.2 Å². The molecule has 0 bridgehead atoms. The molecule has 0 aromatic carbocycles. The van der Waals surface area contributed by atoms with Crippen LogP contribution in [-0.4, -0.2) is 75.8 Å². The number of morpholine rings is 1. The highest BCUT2D eigenvalue weighted by molar-refractivity contribution is 5.80. The number of rotatable bonds is 10. The lowest BCUT2D eigenvalue weighted by Gasteiger charge is -2.35. The fourth-order valence-electron chi connectivity index (χ4n) is 4.39. The lowest BCUT2D eigenvalue weighted by molar-refractivity contribution is -0.122. The minimum atomic E-state index is 0.186. The van der Waals surface area contributed by atoms with Gasteiger partial charge in [-0.3, -0.25) is 14.7 Å². The van der Waals surface area contributed by atoms with E-state index in [2.05, 4.69) is 39.7 Å². The van der Waals surface area contributed by atoms with Crippen LogP contribution in [0.4, 0.5) is 0 Å². The van der Waals surface area contributed by atoms with Gasteiger partial charge >= 0.3 is 0 Å². The van der Waals surface area contributed by atoms with Crippen molar-refractivity contribution in [3.8, 4) is 0 Å². The summed E-state index contributed by atoms with van der Waals surface area (Å²) in [6.07, 6.45) is 8.15. The molecule has 1 saturated carbocycles. The normalized spacial score (nSPS) is 20.5. The van der Waals surface area contributed by atoms with Crippen LogP contribution in [0, 0.1) is 11.8 Å². The maximum Gasteiger partial charge on any atom is 0.220 e. The number of amides is 1. The summed E-state index contributed by atoms with van der Waals surface area (Å²) in [7, 11) is 1.79. The van der Waals surface area contributed by atoms with Crippen LogP contribution in [0.5, 0.6) is 0 Å². The molecule has 0 radical (unpaired) electrons. The molecule has 2 aliphatic rings. The third-order valence-electron chi connectivity index (χ3n) is 5.97. The number of ether oxygens (including phenoxy) is 1. The first-order chi connectivity index (χ1) is 14.1. The van der Waals surface area contributed by atoms with E-state index in [1.807, 2.05) is 0 Å².